The summed E-state index contributed by atoms with van der Waals surface area (Å²) >= 11 is 0. The lowest BCUT2D eigenvalue weighted by atomic mass is 10.1. The molecule has 1 N–H and O–H groups in total. The highest BCUT2D eigenvalue weighted by atomic mass is 16.5. The molecule has 158 valence electrons. The largest absolute Gasteiger partial charge is 0.490 e. The van der Waals surface area contributed by atoms with E-state index >= 15 is 0 Å². The van der Waals surface area contributed by atoms with Gasteiger partial charge in [-0.3, -0.25) is 4.79 Å². The summed E-state index contributed by atoms with van der Waals surface area (Å²) in [5.74, 6) is 0.633. The molecule has 5 heteroatoms. The molecule has 1 amide bonds. The number of benzene rings is 2. The van der Waals surface area contributed by atoms with Gasteiger partial charge < -0.3 is 19.9 Å². The van der Waals surface area contributed by atoms with E-state index in [4.69, 9.17) is 4.74 Å². The fourth-order valence-corrected chi connectivity index (χ4v) is 3.58. The van der Waals surface area contributed by atoms with E-state index in [1.54, 1.807) is 18.2 Å². The van der Waals surface area contributed by atoms with Crippen molar-refractivity contribution in [2.75, 3.05) is 49.5 Å². The van der Waals surface area contributed by atoms with Gasteiger partial charge in [-0.25, -0.2) is 0 Å². The number of ether oxygens (including phenoxy) is 1. The minimum absolute atomic E-state index is 0.148. The van der Waals surface area contributed by atoms with Crippen LogP contribution in [0.5, 0.6) is 5.75 Å². The Bertz CT molecular complexity index is 882. The molecular formula is C25H31N3O2. The lowest BCUT2D eigenvalue weighted by molar-refractivity contribution is -0.111. The molecule has 0 bridgehead atoms. The van der Waals surface area contributed by atoms with Gasteiger partial charge in [-0.2, -0.15) is 0 Å². The Hall–Kier alpha value is -3.05. The Labute approximate surface area is 179 Å². The van der Waals surface area contributed by atoms with Gasteiger partial charge in [0.2, 0.25) is 5.91 Å². The number of carbonyl (C=O) groups is 1. The van der Waals surface area contributed by atoms with Crippen LogP contribution in [0, 0.1) is 6.92 Å². The van der Waals surface area contributed by atoms with Crippen molar-refractivity contribution in [1.29, 1.82) is 0 Å². The number of anilines is 2. The van der Waals surface area contributed by atoms with Crippen LogP contribution in [-0.4, -0.2) is 50.1 Å². The third kappa shape index (κ3) is 5.97. The summed E-state index contributed by atoms with van der Waals surface area (Å²) in [5.41, 5.74) is 4.18. The minimum Gasteiger partial charge on any atom is -0.490 e. The molecule has 3 rings (SSSR count). The van der Waals surface area contributed by atoms with Crippen LogP contribution in [0.1, 0.15) is 18.1 Å². The summed E-state index contributed by atoms with van der Waals surface area (Å²) in [5, 5.41) is 2.95. The van der Waals surface area contributed by atoms with E-state index in [0.717, 1.165) is 49.7 Å². The second-order valence-corrected chi connectivity index (χ2v) is 7.41. The normalized spacial score (nSPS) is 14.7. The van der Waals surface area contributed by atoms with Gasteiger partial charge in [0.1, 0.15) is 12.4 Å². The summed E-state index contributed by atoms with van der Waals surface area (Å²) in [4.78, 5) is 17.2. The third-order valence-electron chi connectivity index (χ3n) is 5.30. The number of hydrogen-bond donors (Lipinski definition) is 1. The Morgan fingerprint density at radius 1 is 1.13 bits per heavy atom. The number of rotatable bonds is 8. The molecule has 0 aliphatic carbocycles. The van der Waals surface area contributed by atoms with Crippen LogP contribution >= 0.6 is 0 Å². The predicted molar refractivity (Wildman–Crippen MR) is 125 cm³/mol. The number of nitrogens with zero attached hydrogens (tertiary/aromatic N) is 2. The maximum absolute atomic E-state index is 12.3. The van der Waals surface area contributed by atoms with Gasteiger partial charge in [-0.05, 0) is 61.0 Å². The fraction of sp³-hybridized carbons (Fsp3) is 0.320. The smallest absolute Gasteiger partial charge is 0.248 e. The number of nitrogens with one attached hydrogen (secondary N) is 1. The van der Waals surface area contributed by atoms with Crippen LogP contribution < -0.4 is 15.0 Å². The van der Waals surface area contributed by atoms with E-state index in [-0.39, 0.29) is 5.91 Å². The first-order valence-electron chi connectivity index (χ1n) is 10.5. The summed E-state index contributed by atoms with van der Waals surface area (Å²) in [7, 11) is 0. The molecule has 1 aliphatic heterocycles. The van der Waals surface area contributed by atoms with Gasteiger partial charge in [0, 0.05) is 43.6 Å². The average Bonchev–Trinajstić information content (AvgIpc) is 2.77. The Morgan fingerprint density at radius 2 is 1.87 bits per heavy atom. The molecule has 0 radical (unpaired) electrons. The number of amides is 1. The highest BCUT2D eigenvalue weighted by molar-refractivity contribution is 6.02. The molecule has 1 fully saturated rings. The number of piperazine rings is 1. The van der Waals surface area contributed by atoms with Crippen molar-refractivity contribution in [2.24, 2.45) is 0 Å². The Kier molecular flexibility index (Phi) is 7.69. The Balaban J connectivity index is 1.55. The highest BCUT2D eigenvalue weighted by Gasteiger charge is 2.17. The second-order valence-electron chi connectivity index (χ2n) is 7.41. The SMILES string of the molecule is C=CCOc1ccc(/C=C/C(=O)Nc2ccc(N3CCN(CC)CC3)c(C)c2)cc1. The fourth-order valence-electron chi connectivity index (χ4n) is 3.58. The van der Waals surface area contributed by atoms with Gasteiger partial charge in [0.25, 0.3) is 0 Å². The van der Waals surface area contributed by atoms with E-state index < -0.39 is 0 Å². The van der Waals surface area contributed by atoms with E-state index in [1.165, 1.54) is 11.3 Å². The summed E-state index contributed by atoms with van der Waals surface area (Å²) in [6.07, 6.45) is 5.05. The van der Waals surface area contributed by atoms with Crippen molar-refractivity contribution >= 4 is 23.4 Å². The van der Waals surface area contributed by atoms with Crippen LogP contribution in [0.15, 0.2) is 61.2 Å². The highest BCUT2D eigenvalue weighted by Crippen LogP contribution is 2.25. The zero-order valence-corrected chi connectivity index (χ0v) is 17.9. The van der Waals surface area contributed by atoms with E-state index in [9.17, 15) is 4.79 Å². The van der Waals surface area contributed by atoms with Gasteiger partial charge >= 0.3 is 0 Å². The number of hydrogen-bond acceptors (Lipinski definition) is 4. The van der Waals surface area contributed by atoms with Gasteiger partial charge in [-0.15, -0.1) is 0 Å². The van der Waals surface area contributed by atoms with Crippen molar-refractivity contribution < 1.29 is 9.53 Å². The van der Waals surface area contributed by atoms with Crippen molar-refractivity contribution in [1.82, 2.24) is 4.90 Å². The minimum atomic E-state index is -0.148. The molecule has 30 heavy (non-hydrogen) atoms. The number of carbonyl (C=O) groups excluding carboxylic acids is 1. The maximum atomic E-state index is 12.3. The predicted octanol–water partition coefficient (Wildman–Crippen LogP) is 4.35. The van der Waals surface area contributed by atoms with Gasteiger partial charge in [-0.1, -0.05) is 31.7 Å². The van der Waals surface area contributed by atoms with Gasteiger partial charge in [0.15, 0.2) is 0 Å². The molecule has 0 atom stereocenters. The zero-order chi connectivity index (χ0) is 21.3. The quantitative estimate of drug-likeness (QED) is 0.524. The van der Waals surface area contributed by atoms with Crippen LogP contribution in [0.4, 0.5) is 11.4 Å². The monoisotopic (exact) mass is 405 g/mol. The van der Waals surface area contributed by atoms with Crippen molar-refractivity contribution in [3.8, 4) is 5.75 Å². The van der Waals surface area contributed by atoms with Crippen LogP contribution in [0.25, 0.3) is 6.08 Å². The van der Waals surface area contributed by atoms with Crippen molar-refractivity contribution in [3.63, 3.8) is 0 Å². The van der Waals surface area contributed by atoms with E-state index in [2.05, 4.69) is 41.6 Å². The van der Waals surface area contributed by atoms with Crippen LogP contribution in [0.2, 0.25) is 0 Å². The maximum Gasteiger partial charge on any atom is 0.248 e. The van der Waals surface area contributed by atoms with E-state index in [1.807, 2.05) is 36.4 Å². The van der Waals surface area contributed by atoms with Gasteiger partial charge in [0.05, 0.1) is 0 Å². The number of likely N-dealkylation sites (N-methyl/N-ethyl adjacent to an activating group) is 1. The lowest BCUT2D eigenvalue weighted by Gasteiger charge is -2.36. The first kappa shape index (κ1) is 21.7. The lowest BCUT2D eigenvalue weighted by Crippen LogP contribution is -2.46. The molecule has 2 aromatic rings. The number of aryl methyl sites for hydroxylation is 1. The van der Waals surface area contributed by atoms with Crippen molar-refractivity contribution in [2.45, 2.75) is 13.8 Å². The topological polar surface area (TPSA) is 44.8 Å². The van der Waals surface area contributed by atoms with Crippen LogP contribution in [-0.2, 0) is 4.79 Å². The molecule has 0 unspecified atom stereocenters. The molecule has 0 spiro atoms. The summed E-state index contributed by atoms with van der Waals surface area (Å²) in [6.45, 7) is 13.8. The molecule has 2 aromatic carbocycles. The molecule has 1 heterocycles. The first-order chi connectivity index (χ1) is 14.6. The summed E-state index contributed by atoms with van der Waals surface area (Å²) in [6, 6.07) is 13.7. The Morgan fingerprint density at radius 3 is 2.50 bits per heavy atom. The standard InChI is InChI=1S/C25H31N3O2/c1-4-18-30-23-10-6-21(7-11-23)8-13-25(29)26-22-9-12-24(20(3)19-22)28-16-14-27(5-2)15-17-28/h4,6-13,19H,1,5,14-18H2,2-3H3,(H,26,29)/b13-8+. The summed E-state index contributed by atoms with van der Waals surface area (Å²) < 4.78 is 5.46. The molecule has 0 aromatic heterocycles. The third-order valence-corrected chi connectivity index (χ3v) is 5.30. The zero-order valence-electron chi connectivity index (χ0n) is 17.9. The van der Waals surface area contributed by atoms with Crippen molar-refractivity contribution in [3.05, 3.63) is 72.3 Å². The first-order valence-corrected chi connectivity index (χ1v) is 10.5. The molecule has 1 aliphatic rings. The molecule has 0 saturated carbocycles. The molecule has 5 nitrogen and oxygen atoms in total. The van der Waals surface area contributed by atoms with E-state index in [0.29, 0.717) is 6.61 Å². The molecule has 1 saturated heterocycles. The van der Waals surface area contributed by atoms with Crippen LogP contribution in [0.3, 0.4) is 0 Å². The second kappa shape index (κ2) is 10.6. The average molecular weight is 406 g/mol. The molecular weight excluding hydrogens is 374 g/mol.